The van der Waals surface area contributed by atoms with Gasteiger partial charge in [-0.15, -0.1) is 0 Å². The Bertz CT molecular complexity index is 1780. The smallest absolute Gasteiger partial charge is 0.336 e. The van der Waals surface area contributed by atoms with Crippen molar-refractivity contribution in [3.63, 3.8) is 0 Å². The Balaban J connectivity index is 0.00000481. The normalized spacial score (nSPS) is 40.0. The molecule has 5 aliphatic rings. The van der Waals surface area contributed by atoms with Crippen molar-refractivity contribution < 1.29 is 97.4 Å². The van der Waals surface area contributed by atoms with Crippen LogP contribution in [0.4, 0.5) is 0 Å². The Morgan fingerprint density at radius 2 is 1.60 bits per heavy atom. The van der Waals surface area contributed by atoms with Crippen LogP contribution in [0.2, 0.25) is 0 Å². The second-order valence-electron chi connectivity index (χ2n) is 16.3. The number of fused-ring (bicyclic) bond motifs is 5. The van der Waals surface area contributed by atoms with E-state index in [0.29, 0.717) is 23.3 Å². The van der Waals surface area contributed by atoms with Gasteiger partial charge >= 0.3 is 11.9 Å². The van der Waals surface area contributed by atoms with Crippen LogP contribution in [0.5, 0.6) is 5.75 Å². The molecule has 2 aromatic carbocycles. The minimum atomic E-state index is -1.72. The fourth-order valence-electron chi connectivity index (χ4n) is 10.5. The van der Waals surface area contributed by atoms with Crippen molar-refractivity contribution in [3.8, 4) is 5.75 Å². The van der Waals surface area contributed by atoms with E-state index in [2.05, 4.69) is 0 Å². The van der Waals surface area contributed by atoms with Gasteiger partial charge in [-0.05, 0) is 60.6 Å². The molecular formula is C41H50AcO11. The summed E-state index contributed by atoms with van der Waals surface area (Å²) in [5.74, 6) is -3.37. The SMILES string of the molecule is COc1ccc([C@@H]2C[C@@H](c3ccccc3)C(C(=O)OC3CC4(O)[C@@H](C)C5[C@]6(O)COC6CC(O)[C@@]5(C)C(=O)C(OC(C)=O)C(=C3C)C4(C)C)O2)cc1.[Ac]. The van der Waals surface area contributed by atoms with Gasteiger partial charge in [-0.3, -0.25) is 9.59 Å². The molecule has 2 aromatic rings. The van der Waals surface area contributed by atoms with Crippen LogP contribution < -0.4 is 4.74 Å². The molecule has 0 spiro atoms. The van der Waals surface area contributed by atoms with E-state index in [9.17, 15) is 29.7 Å². The van der Waals surface area contributed by atoms with Crippen molar-refractivity contribution >= 4 is 17.7 Å². The Hall–Kier alpha value is -2.17. The number of aliphatic hydroxyl groups is 3. The van der Waals surface area contributed by atoms with Crippen LogP contribution in [-0.4, -0.2) is 88.5 Å². The molecular weight excluding hydrogens is 895 g/mol. The van der Waals surface area contributed by atoms with Gasteiger partial charge in [-0.1, -0.05) is 63.2 Å². The minimum Gasteiger partial charge on any atom is -0.497 e. The second kappa shape index (κ2) is 14.4. The summed E-state index contributed by atoms with van der Waals surface area (Å²) in [6, 6.07) is 17.2. The van der Waals surface area contributed by atoms with Crippen LogP contribution in [0.25, 0.3) is 0 Å². The summed E-state index contributed by atoms with van der Waals surface area (Å²) < 4.78 is 29.7. The first-order valence-corrected chi connectivity index (χ1v) is 18.2. The van der Waals surface area contributed by atoms with Crippen LogP contribution in [-0.2, 0) is 33.3 Å². The minimum absolute atomic E-state index is 0. The standard InChI is InChI=1S/C41H50O11.Ac/c1-21-29(52-37(45)33-27(24-11-9-8-10-12-24)17-28(51-33)25-13-15-26(48-7)16-14-25)19-41(47)22(2)35-39(6,30(43)18-31-40(35,46)20-49-31)36(44)34(50-23(3)42)32(21)38(41,4)5;/h8-16,22,27-31,33-35,43,46-47H,17-20H2,1-7H3;/t22-,27-,28-,29?,30?,31?,33?,34?,35?,39+,40-,41?;/m0./s1. The first kappa shape index (κ1) is 40.5. The van der Waals surface area contributed by atoms with Gasteiger partial charge in [-0.25, -0.2) is 4.79 Å². The van der Waals surface area contributed by atoms with Crippen molar-refractivity contribution in [2.75, 3.05) is 13.7 Å². The molecule has 3 N–H and O–H groups in total. The molecule has 2 saturated carbocycles. The molecule has 53 heavy (non-hydrogen) atoms. The Kier molecular flexibility index (Phi) is 11.0. The number of hydrogen-bond acceptors (Lipinski definition) is 11. The third kappa shape index (κ3) is 6.18. The van der Waals surface area contributed by atoms with Crippen molar-refractivity contribution in [2.45, 2.75) is 115 Å². The summed E-state index contributed by atoms with van der Waals surface area (Å²) in [4.78, 5) is 42.0. The van der Waals surface area contributed by atoms with Crippen LogP contribution in [0.3, 0.4) is 0 Å². The zero-order chi connectivity index (χ0) is 37.5. The number of esters is 2. The maximum absolute atomic E-state index is 14.9. The van der Waals surface area contributed by atoms with E-state index >= 15 is 0 Å². The molecule has 2 saturated heterocycles. The van der Waals surface area contributed by atoms with Gasteiger partial charge in [0.05, 0.1) is 43.0 Å². The fourth-order valence-corrected chi connectivity index (χ4v) is 10.5. The number of carbonyl (C=O) groups is 3. The molecule has 11 nitrogen and oxygen atoms in total. The third-order valence-electron chi connectivity index (χ3n) is 13.5. The average molecular weight is 946 g/mol. The molecule has 1 radical (unpaired) electrons. The number of methoxy groups -OCH3 is 1. The molecule has 7 unspecified atom stereocenters. The predicted octanol–water partition coefficient (Wildman–Crippen LogP) is 4.37. The topological polar surface area (TPSA) is 158 Å². The molecule has 283 valence electrons. The van der Waals surface area contributed by atoms with Gasteiger partial charge in [-0.2, -0.15) is 0 Å². The van der Waals surface area contributed by atoms with Crippen molar-refractivity contribution in [2.24, 2.45) is 22.7 Å². The van der Waals surface area contributed by atoms with E-state index in [1.807, 2.05) is 54.6 Å². The van der Waals surface area contributed by atoms with Gasteiger partial charge in [0, 0.05) is 81.1 Å². The summed E-state index contributed by atoms with van der Waals surface area (Å²) in [5.41, 5.74) is -3.46. The van der Waals surface area contributed by atoms with Crippen LogP contribution in [0.15, 0.2) is 65.7 Å². The predicted molar refractivity (Wildman–Crippen MR) is 187 cm³/mol. The van der Waals surface area contributed by atoms with E-state index in [-0.39, 0.29) is 69.4 Å². The van der Waals surface area contributed by atoms with E-state index < -0.39 is 88.2 Å². The number of rotatable bonds is 6. The number of hydrogen-bond donors (Lipinski definition) is 3. The van der Waals surface area contributed by atoms with Crippen molar-refractivity contribution in [1.82, 2.24) is 0 Å². The maximum atomic E-state index is 14.9. The fraction of sp³-hybridized carbons (Fsp3) is 0.585. The summed E-state index contributed by atoms with van der Waals surface area (Å²) in [7, 11) is 1.60. The molecule has 0 amide bonds. The molecule has 4 fully saturated rings. The van der Waals surface area contributed by atoms with Crippen molar-refractivity contribution in [3.05, 3.63) is 76.9 Å². The van der Waals surface area contributed by atoms with Crippen molar-refractivity contribution in [1.29, 1.82) is 0 Å². The van der Waals surface area contributed by atoms with E-state index in [4.69, 9.17) is 23.7 Å². The molecule has 7 rings (SSSR count). The number of aliphatic hydroxyl groups excluding tert-OH is 1. The Morgan fingerprint density at radius 1 is 0.943 bits per heavy atom. The zero-order valence-electron chi connectivity index (χ0n) is 31.4. The number of ketones is 1. The molecule has 2 heterocycles. The zero-order valence-corrected chi connectivity index (χ0v) is 36.2. The monoisotopic (exact) mass is 945 g/mol. The Labute approximate surface area is 346 Å². The number of ether oxygens (including phenoxy) is 5. The van der Waals surface area contributed by atoms with Crippen LogP contribution in [0, 0.1) is 66.7 Å². The summed E-state index contributed by atoms with van der Waals surface area (Å²) in [6.45, 7) is 9.80. The first-order chi connectivity index (χ1) is 24.5. The molecule has 2 aliphatic heterocycles. The molecule has 2 bridgehead atoms. The second-order valence-corrected chi connectivity index (χ2v) is 16.3. The van der Waals surface area contributed by atoms with Gasteiger partial charge < -0.3 is 39.0 Å². The van der Waals surface area contributed by atoms with Gasteiger partial charge in [0.15, 0.2) is 18.0 Å². The largest absolute Gasteiger partial charge is 0.497 e. The molecule has 12 heteroatoms. The number of Topliss-reactive ketones (excluding diaryl/α,β-unsaturated/α-hetero) is 1. The van der Waals surface area contributed by atoms with Gasteiger partial charge in [0.1, 0.15) is 17.5 Å². The quantitative estimate of drug-likeness (QED) is 0.279. The Morgan fingerprint density at radius 3 is 2.19 bits per heavy atom. The summed E-state index contributed by atoms with van der Waals surface area (Å²) >= 11 is 0. The van der Waals surface area contributed by atoms with Crippen LogP contribution in [0.1, 0.15) is 84.0 Å². The maximum Gasteiger partial charge on any atom is 0.336 e. The number of carbonyl (C=O) groups excluding carboxylic acids is 3. The molecule has 0 aromatic heterocycles. The summed E-state index contributed by atoms with van der Waals surface area (Å²) in [6.07, 6.45) is -5.48. The van der Waals surface area contributed by atoms with E-state index in [1.165, 1.54) is 6.92 Å². The molecule has 3 aliphatic carbocycles. The molecule has 12 atom stereocenters. The first-order valence-electron chi connectivity index (χ1n) is 18.2. The number of benzene rings is 2. The average Bonchev–Trinajstić information content (AvgIpc) is 3.56. The van der Waals surface area contributed by atoms with Crippen LogP contribution >= 0.6 is 0 Å². The summed E-state index contributed by atoms with van der Waals surface area (Å²) in [5, 5.41) is 36.8. The van der Waals surface area contributed by atoms with Gasteiger partial charge in [0.25, 0.3) is 0 Å². The van der Waals surface area contributed by atoms with E-state index in [0.717, 1.165) is 11.1 Å². The van der Waals surface area contributed by atoms with Gasteiger partial charge in [0.2, 0.25) is 0 Å². The van der Waals surface area contributed by atoms with E-state index in [1.54, 1.807) is 41.7 Å². The third-order valence-corrected chi connectivity index (χ3v) is 13.5.